The summed E-state index contributed by atoms with van der Waals surface area (Å²) in [5.41, 5.74) is 0.546. The van der Waals surface area contributed by atoms with Gasteiger partial charge in [-0.05, 0) is 45.8 Å². The highest BCUT2D eigenvalue weighted by molar-refractivity contribution is 9.09. The van der Waals surface area contributed by atoms with Crippen molar-refractivity contribution in [3.05, 3.63) is 96.1 Å². The first-order chi connectivity index (χ1) is 16.5. The SMILES string of the molecule is O=C[C@@H](F)[C@H](OC(=O)c1ccc2ccccc2c1)[C@@H](Br)COC(=O)c1ccc2ccccc2c1. The van der Waals surface area contributed by atoms with Crippen LogP contribution in [-0.2, 0) is 14.3 Å². The van der Waals surface area contributed by atoms with Gasteiger partial charge in [-0.25, -0.2) is 14.0 Å². The van der Waals surface area contributed by atoms with Crippen molar-refractivity contribution in [2.45, 2.75) is 17.1 Å². The zero-order valence-corrected chi connectivity index (χ0v) is 19.5. The number of ether oxygens (including phenoxy) is 2. The number of hydrogen-bond acceptors (Lipinski definition) is 5. The van der Waals surface area contributed by atoms with Gasteiger partial charge in [0.25, 0.3) is 0 Å². The van der Waals surface area contributed by atoms with Gasteiger partial charge in [0.05, 0.1) is 16.0 Å². The molecule has 7 heteroatoms. The minimum atomic E-state index is -2.10. The van der Waals surface area contributed by atoms with Gasteiger partial charge in [-0.3, -0.25) is 4.79 Å². The number of esters is 2. The fourth-order valence-corrected chi connectivity index (χ4v) is 4.11. The Bertz CT molecular complexity index is 1360. The average Bonchev–Trinajstić information content (AvgIpc) is 2.88. The Hall–Kier alpha value is -3.58. The molecule has 172 valence electrons. The second kappa shape index (κ2) is 10.6. The van der Waals surface area contributed by atoms with Gasteiger partial charge in [-0.15, -0.1) is 0 Å². The van der Waals surface area contributed by atoms with Crippen molar-refractivity contribution in [2.24, 2.45) is 0 Å². The normalized spacial score (nSPS) is 13.7. The number of halogens is 2. The highest BCUT2D eigenvalue weighted by atomic mass is 79.9. The minimum Gasteiger partial charge on any atom is -0.461 e. The molecule has 0 aliphatic rings. The van der Waals surface area contributed by atoms with Crippen molar-refractivity contribution in [3.63, 3.8) is 0 Å². The number of carbonyl (C=O) groups excluding carboxylic acids is 3. The standard InChI is InChI=1S/C27H20BrFO5/c28-23(16-33-26(31)21-11-9-17-5-1-3-7-19(17)13-21)25(24(29)15-30)34-27(32)22-12-10-18-6-2-4-8-20(18)14-22/h1-15,23-25H,16H2/t23-,24+,25+/m0/s1. The van der Waals surface area contributed by atoms with E-state index in [1.165, 1.54) is 0 Å². The lowest BCUT2D eigenvalue weighted by Crippen LogP contribution is -2.39. The molecule has 0 aliphatic heterocycles. The maximum Gasteiger partial charge on any atom is 0.338 e. The minimum absolute atomic E-state index is 0.0533. The number of rotatable bonds is 8. The quantitative estimate of drug-likeness (QED) is 0.169. The zero-order valence-electron chi connectivity index (χ0n) is 17.9. The molecular formula is C27H20BrFO5. The lowest BCUT2D eigenvalue weighted by atomic mass is 10.1. The number of carbonyl (C=O) groups is 3. The van der Waals surface area contributed by atoms with Crippen LogP contribution in [0.4, 0.5) is 4.39 Å². The van der Waals surface area contributed by atoms with Crippen molar-refractivity contribution >= 4 is 55.7 Å². The van der Waals surface area contributed by atoms with Gasteiger partial charge in [0.1, 0.15) is 6.61 Å². The summed E-state index contributed by atoms with van der Waals surface area (Å²) in [6.45, 7) is -0.310. The van der Waals surface area contributed by atoms with Crippen LogP contribution in [0.2, 0.25) is 0 Å². The van der Waals surface area contributed by atoms with Crippen molar-refractivity contribution < 1.29 is 28.2 Å². The maximum absolute atomic E-state index is 14.4. The highest BCUT2D eigenvalue weighted by Crippen LogP contribution is 2.22. The summed E-state index contributed by atoms with van der Waals surface area (Å²) in [5, 5.41) is 3.61. The Morgan fingerprint density at radius 1 is 0.794 bits per heavy atom. The van der Waals surface area contributed by atoms with E-state index in [9.17, 15) is 18.8 Å². The van der Waals surface area contributed by atoms with Crippen LogP contribution in [0.15, 0.2) is 84.9 Å². The number of aldehydes is 1. The molecule has 5 nitrogen and oxygen atoms in total. The number of fused-ring (bicyclic) bond motifs is 2. The van der Waals surface area contributed by atoms with Crippen LogP contribution in [0.3, 0.4) is 0 Å². The van der Waals surface area contributed by atoms with E-state index < -0.39 is 29.0 Å². The van der Waals surface area contributed by atoms with Gasteiger partial charge in [-0.1, -0.05) is 76.6 Å². The summed E-state index contributed by atoms with van der Waals surface area (Å²) >= 11 is 3.21. The summed E-state index contributed by atoms with van der Waals surface area (Å²) in [7, 11) is 0. The Morgan fingerprint density at radius 2 is 1.29 bits per heavy atom. The molecule has 4 aromatic carbocycles. The number of benzene rings is 4. The fourth-order valence-electron chi connectivity index (χ4n) is 3.57. The molecule has 0 heterocycles. The first-order valence-electron chi connectivity index (χ1n) is 10.6. The van der Waals surface area contributed by atoms with E-state index in [0.717, 1.165) is 21.5 Å². The largest absolute Gasteiger partial charge is 0.461 e. The predicted molar refractivity (Wildman–Crippen MR) is 131 cm³/mol. The zero-order chi connectivity index (χ0) is 24.1. The van der Waals surface area contributed by atoms with Crippen molar-refractivity contribution in [1.82, 2.24) is 0 Å². The van der Waals surface area contributed by atoms with Gasteiger partial charge in [0.2, 0.25) is 0 Å². The summed E-state index contributed by atoms with van der Waals surface area (Å²) in [4.78, 5) is 35.4. The van der Waals surface area contributed by atoms with Crippen LogP contribution >= 0.6 is 15.9 Å². The molecule has 0 radical (unpaired) electrons. The van der Waals surface area contributed by atoms with Gasteiger partial charge in [0.15, 0.2) is 18.6 Å². The lowest BCUT2D eigenvalue weighted by Gasteiger charge is -2.23. The molecule has 0 saturated carbocycles. The van der Waals surface area contributed by atoms with Gasteiger partial charge >= 0.3 is 11.9 Å². The van der Waals surface area contributed by atoms with E-state index in [4.69, 9.17) is 9.47 Å². The molecule has 0 fully saturated rings. The molecule has 34 heavy (non-hydrogen) atoms. The number of hydrogen-bond donors (Lipinski definition) is 0. The molecule has 0 saturated heterocycles. The van der Waals surface area contributed by atoms with Crippen molar-refractivity contribution in [3.8, 4) is 0 Å². The van der Waals surface area contributed by atoms with Gasteiger partial charge in [0, 0.05) is 0 Å². The smallest absolute Gasteiger partial charge is 0.338 e. The van der Waals surface area contributed by atoms with E-state index in [0.29, 0.717) is 5.56 Å². The van der Waals surface area contributed by atoms with Gasteiger partial charge < -0.3 is 9.47 Å². The number of alkyl halides is 2. The predicted octanol–water partition coefficient (Wildman–Crippen LogP) is 5.68. The Labute approximate surface area is 203 Å². The van der Waals surface area contributed by atoms with Crippen LogP contribution in [-0.4, -0.2) is 41.9 Å². The fraction of sp³-hybridized carbons (Fsp3) is 0.148. The van der Waals surface area contributed by atoms with E-state index in [-0.39, 0.29) is 18.5 Å². The van der Waals surface area contributed by atoms with Crippen molar-refractivity contribution in [2.75, 3.05) is 6.61 Å². The molecule has 0 unspecified atom stereocenters. The molecule has 0 N–H and O–H groups in total. The molecule has 0 spiro atoms. The molecule has 0 amide bonds. The van der Waals surface area contributed by atoms with E-state index in [2.05, 4.69) is 15.9 Å². The maximum atomic E-state index is 14.4. The Morgan fingerprint density at radius 3 is 1.82 bits per heavy atom. The van der Waals surface area contributed by atoms with Crippen LogP contribution in [0.25, 0.3) is 21.5 Å². The second-order valence-corrected chi connectivity index (χ2v) is 8.86. The monoisotopic (exact) mass is 522 g/mol. The average molecular weight is 523 g/mol. The van der Waals surface area contributed by atoms with Crippen LogP contribution < -0.4 is 0 Å². The summed E-state index contributed by atoms with van der Waals surface area (Å²) in [6, 6.07) is 25.1. The molecular weight excluding hydrogens is 503 g/mol. The Balaban J connectivity index is 1.44. The molecule has 0 aromatic heterocycles. The third-order valence-corrected chi connectivity index (χ3v) is 6.17. The summed E-state index contributed by atoms with van der Waals surface area (Å²) in [5.74, 6) is -1.40. The van der Waals surface area contributed by atoms with Crippen LogP contribution in [0.1, 0.15) is 20.7 Å². The molecule has 0 bridgehead atoms. The molecule has 4 aromatic rings. The van der Waals surface area contributed by atoms with Gasteiger partial charge in [-0.2, -0.15) is 0 Å². The summed E-state index contributed by atoms with van der Waals surface area (Å²) in [6.07, 6.45) is -3.54. The first kappa shape index (κ1) is 23.6. The Kier molecular flexibility index (Phi) is 7.33. The lowest BCUT2D eigenvalue weighted by molar-refractivity contribution is -0.115. The third kappa shape index (κ3) is 5.31. The van der Waals surface area contributed by atoms with Crippen LogP contribution in [0, 0.1) is 0 Å². The molecule has 0 aliphatic carbocycles. The first-order valence-corrected chi connectivity index (χ1v) is 11.5. The summed E-state index contributed by atoms with van der Waals surface area (Å²) < 4.78 is 25.0. The second-order valence-electron chi connectivity index (χ2n) is 7.69. The van der Waals surface area contributed by atoms with Crippen molar-refractivity contribution in [1.29, 1.82) is 0 Å². The highest BCUT2D eigenvalue weighted by Gasteiger charge is 2.33. The van der Waals surface area contributed by atoms with E-state index in [1.807, 2.05) is 48.5 Å². The molecule has 3 atom stereocenters. The molecule has 4 rings (SSSR count). The van der Waals surface area contributed by atoms with Crippen LogP contribution in [0.5, 0.6) is 0 Å². The van der Waals surface area contributed by atoms with E-state index in [1.54, 1.807) is 36.4 Å². The van der Waals surface area contributed by atoms with E-state index >= 15 is 0 Å². The third-order valence-electron chi connectivity index (χ3n) is 5.39. The topological polar surface area (TPSA) is 69.7 Å².